The highest BCUT2D eigenvalue weighted by atomic mass is 79.9. The van der Waals surface area contributed by atoms with Crippen molar-refractivity contribution in [3.8, 4) is 10.6 Å². The first kappa shape index (κ1) is 11.5. The van der Waals surface area contributed by atoms with Crippen LogP contribution in [0, 0.1) is 0 Å². The Kier molecular flexibility index (Phi) is 2.98. The van der Waals surface area contributed by atoms with E-state index in [2.05, 4.69) is 25.9 Å². The summed E-state index contributed by atoms with van der Waals surface area (Å²) in [5.41, 5.74) is -0.258. The molecule has 16 heavy (non-hydrogen) atoms. The Morgan fingerprint density at radius 3 is 2.62 bits per heavy atom. The Balaban J connectivity index is 2.44. The summed E-state index contributed by atoms with van der Waals surface area (Å²) in [5.74, 6) is 0. The van der Waals surface area contributed by atoms with Crippen LogP contribution in [0.25, 0.3) is 10.6 Å². The number of hydrogen-bond acceptors (Lipinski definition) is 3. The third-order valence-corrected chi connectivity index (χ3v) is 3.30. The monoisotopic (exact) mass is 308 g/mol. The van der Waals surface area contributed by atoms with Crippen molar-refractivity contribution in [1.29, 1.82) is 0 Å². The van der Waals surface area contributed by atoms with Crippen LogP contribution in [0.4, 0.5) is 13.2 Å². The first-order valence-electron chi connectivity index (χ1n) is 4.11. The molecule has 0 unspecified atom stereocenters. The molecule has 0 aromatic carbocycles. The minimum Gasteiger partial charge on any atom is -0.264 e. The quantitative estimate of drug-likeness (QED) is 0.796. The second-order valence-electron chi connectivity index (χ2n) is 2.89. The van der Waals surface area contributed by atoms with Crippen molar-refractivity contribution in [3.05, 3.63) is 34.0 Å². The van der Waals surface area contributed by atoms with E-state index in [0.717, 1.165) is 16.7 Å². The van der Waals surface area contributed by atoms with Crippen molar-refractivity contribution >= 4 is 27.3 Å². The number of nitrogens with zero attached hydrogens (tertiary/aromatic N) is 2. The van der Waals surface area contributed by atoms with Crippen LogP contribution in [0.1, 0.15) is 5.69 Å². The van der Waals surface area contributed by atoms with E-state index < -0.39 is 11.9 Å². The smallest absolute Gasteiger partial charge is 0.264 e. The molecule has 0 spiro atoms. The van der Waals surface area contributed by atoms with Crippen molar-refractivity contribution in [3.63, 3.8) is 0 Å². The van der Waals surface area contributed by atoms with E-state index >= 15 is 0 Å². The fourth-order valence-corrected chi connectivity index (χ4v) is 2.51. The van der Waals surface area contributed by atoms with E-state index in [4.69, 9.17) is 0 Å². The number of rotatable bonds is 1. The maximum absolute atomic E-state index is 12.3. The van der Waals surface area contributed by atoms with Gasteiger partial charge in [-0.1, -0.05) is 0 Å². The Labute approximate surface area is 101 Å². The molecule has 0 amide bonds. The van der Waals surface area contributed by atoms with E-state index in [1.807, 2.05) is 0 Å². The summed E-state index contributed by atoms with van der Waals surface area (Å²) in [7, 11) is 0. The third-order valence-electron chi connectivity index (χ3n) is 1.80. The van der Waals surface area contributed by atoms with E-state index in [1.165, 1.54) is 12.4 Å². The minimum atomic E-state index is -4.39. The van der Waals surface area contributed by atoms with E-state index in [9.17, 15) is 13.2 Å². The second kappa shape index (κ2) is 4.14. The largest absolute Gasteiger partial charge is 0.434 e. The van der Waals surface area contributed by atoms with Crippen LogP contribution in [-0.2, 0) is 6.18 Å². The van der Waals surface area contributed by atoms with Crippen molar-refractivity contribution in [2.75, 3.05) is 0 Å². The first-order chi connectivity index (χ1) is 7.48. The van der Waals surface area contributed by atoms with Gasteiger partial charge in [0.05, 0.1) is 0 Å². The molecule has 2 nitrogen and oxygen atoms in total. The third kappa shape index (κ3) is 2.25. The first-order valence-corrected chi connectivity index (χ1v) is 5.78. The number of pyridine rings is 1. The standard InChI is InChI=1S/C9H4BrF3N2S/c10-6-3-14-2-1-5(6)8-15-7(4-16-8)9(11,12)13/h1-4H. The number of thiazole rings is 1. The number of aromatic nitrogens is 2. The summed E-state index contributed by atoms with van der Waals surface area (Å²) in [4.78, 5) is 7.38. The highest BCUT2D eigenvalue weighted by molar-refractivity contribution is 9.10. The Morgan fingerprint density at radius 2 is 2.06 bits per heavy atom. The number of hydrogen-bond donors (Lipinski definition) is 0. The van der Waals surface area contributed by atoms with Crippen LogP contribution in [-0.4, -0.2) is 9.97 Å². The summed E-state index contributed by atoms with van der Waals surface area (Å²) in [6.07, 6.45) is -1.37. The Morgan fingerprint density at radius 1 is 1.31 bits per heavy atom. The minimum absolute atomic E-state index is 0.321. The highest BCUT2D eigenvalue weighted by Crippen LogP contribution is 2.35. The molecule has 0 N–H and O–H groups in total. The number of alkyl halides is 3. The topological polar surface area (TPSA) is 25.8 Å². The number of halogens is 4. The maximum Gasteiger partial charge on any atom is 0.434 e. The van der Waals surface area contributed by atoms with Gasteiger partial charge in [0.2, 0.25) is 0 Å². The predicted octanol–water partition coefficient (Wildman–Crippen LogP) is 3.99. The lowest BCUT2D eigenvalue weighted by molar-refractivity contribution is -0.140. The molecule has 0 bridgehead atoms. The molecule has 2 rings (SSSR count). The summed E-state index contributed by atoms with van der Waals surface area (Å²) < 4.78 is 37.6. The molecular formula is C9H4BrF3N2S. The molecule has 0 aliphatic carbocycles. The van der Waals surface area contributed by atoms with Crippen molar-refractivity contribution in [1.82, 2.24) is 9.97 Å². The van der Waals surface area contributed by atoms with Gasteiger partial charge in [-0.3, -0.25) is 4.98 Å². The van der Waals surface area contributed by atoms with E-state index in [-0.39, 0.29) is 0 Å². The van der Waals surface area contributed by atoms with Gasteiger partial charge in [-0.25, -0.2) is 4.98 Å². The molecule has 84 valence electrons. The summed E-state index contributed by atoms with van der Waals surface area (Å²) in [6.45, 7) is 0. The fraction of sp³-hybridized carbons (Fsp3) is 0.111. The van der Waals surface area contributed by atoms with Crippen LogP contribution in [0.15, 0.2) is 28.3 Å². The molecule has 2 aromatic heterocycles. The van der Waals surface area contributed by atoms with Gasteiger partial charge >= 0.3 is 6.18 Å². The van der Waals surface area contributed by atoms with E-state index in [1.54, 1.807) is 6.07 Å². The molecule has 0 atom stereocenters. The van der Waals surface area contributed by atoms with Crippen LogP contribution < -0.4 is 0 Å². The van der Waals surface area contributed by atoms with Crippen LogP contribution in [0.5, 0.6) is 0 Å². The maximum atomic E-state index is 12.3. The molecule has 0 fully saturated rings. The van der Waals surface area contributed by atoms with Gasteiger partial charge in [-0.15, -0.1) is 11.3 Å². The second-order valence-corrected chi connectivity index (χ2v) is 4.60. The average Bonchev–Trinajstić information content (AvgIpc) is 2.66. The van der Waals surface area contributed by atoms with Gasteiger partial charge in [0.15, 0.2) is 5.69 Å². The zero-order valence-electron chi connectivity index (χ0n) is 7.62. The SMILES string of the molecule is FC(F)(F)c1csc(-c2ccncc2Br)n1. The molecule has 0 aliphatic heterocycles. The van der Waals surface area contributed by atoms with Gasteiger partial charge < -0.3 is 0 Å². The van der Waals surface area contributed by atoms with Crippen LogP contribution >= 0.6 is 27.3 Å². The predicted molar refractivity (Wildman–Crippen MR) is 58.0 cm³/mol. The molecule has 0 aliphatic rings. The molecule has 0 radical (unpaired) electrons. The summed E-state index contributed by atoms with van der Waals surface area (Å²) >= 11 is 4.17. The zero-order valence-corrected chi connectivity index (χ0v) is 10.0. The lowest BCUT2D eigenvalue weighted by Crippen LogP contribution is -2.04. The Hall–Kier alpha value is -0.950. The van der Waals surface area contributed by atoms with Crippen LogP contribution in [0.3, 0.4) is 0 Å². The van der Waals surface area contributed by atoms with Gasteiger partial charge in [0.25, 0.3) is 0 Å². The molecular weight excluding hydrogens is 305 g/mol. The fourth-order valence-electron chi connectivity index (χ4n) is 1.08. The summed E-state index contributed by atoms with van der Waals surface area (Å²) in [6, 6.07) is 1.61. The van der Waals surface area contributed by atoms with Crippen LogP contribution in [0.2, 0.25) is 0 Å². The van der Waals surface area contributed by atoms with Gasteiger partial charge in [0, 0.05) is 27.8 Å². The van der Waals surface area contributed by atoms with Crippen molar-refractivity contribution < 1.29 is 13.2 Å². The van der Waals surface area contributed by atoms with E-state index in [0.29, 0.717) is 15.0 Å². The zero-order chi connectivity index (χ0) is 11.8. The lowest BCUT2D eigenvalue weighted by Gasteiger charge is -2.01. The van der Waals surface area contributed by atoms with Gasteiger partial charge in [-0.2, -0.15) is 13.2 Å². The Bertz CT molecular complexity index is 509. The highest BCUT2D eigenvalue weighted by Gasteiger charge is 2.33. The van der Waals surface area contributed by atoms with Crippen molar-refractivity contribution in [2.45, 2.75) is 6.18 Å². The van der Waals surface area contributed by atoms with Gasteiger partial charge in [0.1, 0.15) is 5.01 Å². The van der Waals surface area contributed by atoms with Crippen molar-refractivity contribution in [2.24, 2.45) is 0 Å². The normalized spacial score (nSPS) is 11.8. The summed E-state index contributed by atoms with van der Waals surface area (Å²) in [5, 5.41) is 1.32. The molecule has 2 aromatic rings. The molecule has 2 heterocycles. The average molecular weight is 309 g/mol. The molecule has 0 saturated carbocycles. The lowest BCUT2D eigenvalue weighted by atomic mass is 10.3. The molecule has 7 heteroatoms. The molecule has 0 saturated heterocycles. The van der Waals surface area contributed by atoms with Gasteiger partial charge in [-0.05, 0) is 22.0 Å².